The summed E-state index contributed by atoms with van der Waals surface area (Å²) in [6, 6.07) is 0. The minimum atomic E-state index is -1.72. The third-order valence-electron chi connectivity index (χ3n) is 0. The van der Waals surface area contributed by atoms with Gasteiger partial charge in [-0.2, -0.15) is 0 Å². The predicted octanol–water partition coefficient (Wildman–Crippen LogP) is 1.31. The zero-order chi connectivity index (χ0) is 3.58. The summed E-state index contributed by atoms with van der Waals surface area (Å²) < 4.78 is 0. The van der Waals surface area contributed by atoms with Crippen molar-refractivity contribution in [1.82, 2.24) is 0 Å². The molecule has 0 heterocycles. The molecule has 0 nitrogen and oxygen atoms in total. The second kappa shape index (κ2) is 6.66. The maximum Gasteiger partial charge on any atom is 0.643 e. The van der Waals surface area contributed by atoms with Crippen LogP contribution in [0.5, 0.6) is 0 Å². The average Bonchev–Trinajstić information content (AvgIpc) is 0.811. The molecule has 0 rings (SSSR count). The summed E-state index contributed by atoms with van der Waals surface area (Å²) in [5.74, 6) is 0. The van der Waals surface area contributed by atoms with E-state index in [-0.39, 0.29) is 37.7 Å². The second-order valence-electron chi connectivity index (χ2n) is 0.247. The maximum atomic E-state index is 4.94. The van der Waals surface area contributed by atoms with Crippen LogP contribution in [0.2, 0.25) is 0 Å². The summed E-state index contributed by atoms with van der Waals surface area (Å²) in [6.07, 6.45) is 0. The first-order valence-electron chi connectivity index (χ1n) is 0.655. The van der Waals surface area contributed by atoms with Crippen LogP contribution >= 0.6 is 30.1 Å². The van der Waals surface area contributed by atoms with E-state index in [0.29, 0.717) is 0 Å². The zero-order valence-electron chi connectivity index (χ0n) is 2.42. The smallest absolute Gasteiger partial charge is 0.214 e. The Balaban J connectivity index is 0. The van der Waals surface area contributed by atoms with Gasteiger partial charge in [0.05, 0.1) is 0 Å². The molecule has 0 spiro atoms. The molecule has 0 bridgehead atoms. The monoisotopic (exact) mass is 172 g/mol. The number of halogens is 3. The Bertz CT molecular complexity index is 11.6. The van der Waals surface area contributed by atoms with Crippen molar-refractivity contribution in [1.29, 1.82) is 0 Å². The van der Waals surface area contributed by atoms with E-state index < -0.39 is 11.4 Å². The van der Waals surface area contributed by atoms with Crippen LogP contribution in [0.25, 0.3) is 0 Å². The van der Waals surface area contributed by atoms with Crippen LogP contribution in [0.15, 0.2) is 0 Å². The van der Waals surface area contributed by atoms with E-state index in [9.17, 15) is 0 Å². The van der Waals surface area contributed by atoms with Crippen molar-refractivity contribution in [2.75, 3.05) is 0 Å². The van der Waals surface area contributed by atoms with Gasteiger partial charge in [-0.05, 0) is 0 Å². The minimum Gasteiger partial charge on any atom is -0.214 e. The van der Waals surface area contributed by atoms with Gasteiger partial charge >= 0.3 is 11.4 Å². The van der Waals surface area contributed by atoms with Crippen LogP contribution in [0.4, 0.5) is 0 Å². The molecule has 26 valence electrons. The molecule has 0 aromatic rings. The molecule has 0 amide bonds. The van der Waals surface area contributed by atoms with E-state index in [2.05, 4.69) is 0 Å². The van der Waals surface area contributed by atoms with Gasteiger partial charge in [-0.1, -0.05) is 0 Å². The average molecular weight is 173 g/mol. The summed E-state index contributed by atoms with van der Waals surface area (Å²) >= 11 is -1.72. The topological polar surface area (TPSA) is 0 Å². The fourth-order valence-electron chi connectivity index (χ4n) is 0. The Morgan fingerprint density at radius 2 is 1.00 bits per heavy atom. The molecular formula is AlCaCl3. The quantitative estimate of drug-likeness (QED) is 0.485. The molecular weight excluding hydrogens is 173 g/mol. The van der Waals surface area contributed by atoms with Gasteiger partial charge in [0.15, 0.2) is 0 Å². The normalized spacial score (nSPS) is 5.40. The van der Waals surface area contributed by atoms with Gasteiger partial charge in [-0.25, -0.2) is 30.1 Å². The van der Waals surface area contributed by atoms with Crippen molar-refractivity contribution >= 4 is 79.3 Å². The Labute approximate surface area is 77.8 Å². The Kier molecular flexibility index (Phi) is 14.1. The van der Waals surface area contributed by atoms with E-state index in [0.717, 1.165) is 0 Å². The first-order valence-corrected chi connectivity index (χ1v) is 5.89. The van der Waals surface area contributed by atoms with E-state index >= 15 is 0 Å². The predicted molar refractivity (Wildman–Crippen MR) is 29.1 cm³/mol. The third kappa shape index (κ3) is 20.4. The Morgan fingerprint density at radius 3 is 1.00 bits per heavy atom. The van der Waals surface area contributed by atoms with Gasteiger partial charge in [0.25, 0.3) is 0 Å². The molecule has 2 radical (unpaired) electrons. The fourth-order valence-corrected chi connectivity index (χ4v) is 0. The number of hydrogen-bond donors (Lipinski definition) is 0. The van der Waals surface area contributed by atoms with Crippen LogP contribution < -0.4 is 0 Å². The maximum absolute atomic E-state index is 4.94. The van der Waals surface area contributed by atoms with Crippen LogP contribution in [0, 0.1) is 0 Å². The van der Waals surface area contributed by atoms with Crippen LogP contribution in [-0.4, -0.2) is 49.1 Å². The molecule has 0 aromatic heterocycles. The first-order chi connectivity index (χ1) is 1.73. The fraction of sp³-hybridized carbons (Fsp3) is 0. The number of rotatable bonds is 0. The van der Waals surface area contributed by atoms with Crippen molar-refractivity contribution in [3.63, 3.8) is 0 Å². The van der Waals surface area contributed by atoms with Gasteiger partial charge in [-0.15, -0.1) is 0 Å². The molecule has 5 heavy (non-hydrogen) atoms. The van der Waals surface area contributed by atoms with Gasteiger partial charge in [0.1, 0.15) is 0 Å². The van der Waals surface area contributed by atoms with Crippen molar-refractivity contribution < 1.29 is 0 Å². The Morgan fingerprint density at radius 1 is 1.00 bits per heavy atom. The van der Waals surface area contributed by atoms with Crippen molar-refractivity contribution in [2.24, 2.45) is 0 Å². The zero-order valence-corrected chi connectivity index (χ0v) is 8.05. The number of hydrogen-bond acceptors (Lipinski definition) is 0. The van der Waals surface area contributed by atoms with E-state index in [1.54, 1.807) is 0 Å². The van der Waals surface area contributed by atoms with Crippen LogP contribution in [-0.2, 0) is 0 Å². The van der Waals surface area contributed by atoms with E-state index in [1.807, 2.05) is 0 Å². The first kappa shape index (κ1) is 10.6. The molecule has 0 saturated heterocycles. The summed E-state index contributed by atoms with van der Waals surface area (Å²) in [5, 5.41) is 0. The molecule has 0 aromatic carbocycles. The minimum absolute atomic E-state index is 0. The molecule has 0 fully saturated rings. The van der Waals surface area contributed by atoms with Crippen molar-refractivity contribution in [3.05, 3.63) is 0 Å². The van der Waals surface area contributed by atoms with Crippen molar-refractivity contribution in [2.45, 2.75) is 0 Å². The molecule has 0 atom stereocenters. The van der Waals surface area contributed by atoms with Gasteiger partial charge in [0, 0.05) is 37.7 Å². The second-order valence-corrected chi connectivity index (χ2v) is 6.68. The molecule has 0 aliphatic rings. The molecule has 5 heteroatoms. The Hall–Kier alpha value is 2.66. The summed E-state index contributed by atoms with van der Waals surface area (Å²) in [5.41, 5.74) is 0. The van der Waals surface area contributed by atoms with E-state index in [1.165, 1.54) is 0 Å². The molecule has 0 aliphatic carbocycles. The van der Waals surface area contributed by atoms with Gasteiger partial charge in [-0.3, -0.25) is 0 Å². The largest absolute Gasteiger partial charge is 0.643 e. The van der Waals surface area contributed by atoms with Crippen LogP contribution in [0.1, 0.15) is 0 Å². The van der Waals surface area contributed by atoms with Crippen molar-refractivity contribution in [3.8, 4) is 0 Å². The SMILES string of the molecule is [Ca].[Cl][Al]([Cl])[Cl]. The van der Waals surface area contributed by atoms with Gasteiger partial charge in [0.2, 0.25) is 0 Å². The summed E-state index contributed by atoms with van der Waals surface area (Å²) in [7, 11) is 14.8. The third-order valence-corrected chi connectivity index (χ3v) is 0. The van der Waals surface area contributed by atoms with Crippen LogP contribution in [0.3, 0.4) is 0 Å². The summed E-state index contributed by atoms with van der Waals surface area (Å²) in [4.78, 5) is 0. The summed E-state index contributed by atoms with van der Waals surface area (Å²) in [6.45, 7) is 0. The molecule has 0 unspecified atom stereocenters. The van der Waals surface area contributed by atoms with E-state index in [4.69, 9.17) is 30.1 Å². The molecule has 0 saturated carbocycles. The molecule has 0 N–H and O–H groups in total. The standard InChI is InChI=1S/Al.Ca.3ClH/h;;3*1H/q+3;;;;/p-3. The van der Waals surface area contributed by atoms with Gasteiger partial charge < -0.3 is 0 Å². The molecule has 0 aliphatic heterocycles.